The first-order chi connectivity index (χ1) is 23.1. The van der Waals surface area contributed by atoms with Crippen LogP contribution in [0.15, 0.2) is 11.6 Å². The fraction of sp³-hybridized carbons (Fsp3) is 0.886. The van der Waals surface area contributed by atoms with Crippen LogP contribution in [0.3, 0.4) is 0 Å². The van der Waals surface area contributed by atoms with Gasteiger partial charge in [-0.2, -0.15) is 0 Å². The minimum Gasteiger partial charge on any atom is -0.458 e. The van der Waals surface area contributed by atoms with E-state index in [1.807, 2.05) is 0 Å². The van der Waals surface area contributed by atoms with E-state index in [0.29, 0.717) is 38.5 Å². The number of hydrogen-bond donors (Lipinski definition) is 7. The number of fused-ring (bicyclic) bond motifs is 5. The lowest BCUT2D eigenvalue weighted by Crippen LogP contribution is -2.69. The predicted molar refractivity (Wildman–Crippen MR) is 166 cm³/mol. The predicted octanol–water partition coefficient (Wildman–Crippen LogP) is -0.398. The van der Waals surface area contributed by atoms with Crippen molar-refractivity contribution in [3.63, 3.8) is 0 Å². The van der Waals surface area contributed by atoms with Crippen molar-refractivity contribution in [3.05, 3.63) is 11.6 Å². The maximum absolute atomic E-state index is 13.2. The fourth-order valence-corrected chi connectivity index (χ4v) is 11.2. The Hall–Kier alpha value is -1.56. The van der Waals surface area contributed by atoms with Crippen LogP contribution in [0, 0.1) is 28.6 Å². The van der Waals surface area contributed by atoms with Crippen LogP contribution >= 0.6 is 0 Å². The topological polar surface area (TPSA) is 222 Å². The smallest absolute Gasteiger partial charge is 0.331 e. The summed E-state index contributed by atoms with van der Waals surface area (Å²) < 4.78 is 28.6. The van der Waals surface area contributed by atoms with Crippen LogP contribution in [-0.4, -0.2) is 133 Å². The summed E-state index contributed by atoms with van der Waals surface area (Å²) >= 11 is 0. The molecule has 4 aliphatic carbocycles. The highest BCUT2D eigenvalue weighted by Gasteiger charge is 2.71. The van der Waals surface area contributed by atoms with Crippen LogP contribution in [-0.2, 0) is 33.3 Å². The van der Waals surface area contributed by atoms with E-state index in [0.717, 1.165) is 18.3 Å². The van der Waals surface area contributed by atoms with Gasteiger partial charge in [-0.15, -0.1) is 0 Å². The van der Waals surface area contributed by atoms with E-state index in [4.69, 9.17) is 23.7 Å². The number of aliphatic hydroxyl groups excluding tert-OH is 5. The molecule has 0 radical (unpaired) electrons. The SMILES string of the molecule is C[C@@H]1O[C@@H](O[C@H]2[C@@H](O)[C@@H](O)[C@H](O[C@H]3CC[C@]4(C=O)[C@H]5CC[C@]6(C)[C@@H](C7=CC(=O)OC7)CC[C@]6(O)[C@@H]5CC[C@]4(O)C3)O[C@@H]2C)[C@H](O)[C@H](O)[C@H]1O. The maximum Gasteiger partial charge on any atom is 0.331 e. The van der Waals surface area contributed by atoms with Gasteiger partial charge < -0.3 is 64.2 Å². The standard InChI is InChI=1S/C35H52O14/c1-16-24(38)25(39)27(41)31(46-16)49-29-17(2)47-30(28(42)26(29)40)48-19-4-9-33(15-36)21-5-8-32(3)20(18-12-23(37)45-14-18)7-11-35(32,44)22(21)6-10-34(33,43)13-19/h12,15-17,19-22,24-31,38-44H,4-11,13-14H2,1-3H3/t16-,17+,19-,20+,21-,22+,24-,25+,26-,27+,28+,29+,30-,31-,32+,33-,34-,35-/m0/s1. The minimum absolute atomic E-state index is 0.00926. The Balaban J connectivity index is 1.02. The summed E-state index contributed by atoms with van der Waals surface area (Å²) in [5.74, 6) is -0.783. The summed E-state index contributed by atoms with van der Waals surface area (Å²) in [7, 11) is 0. The summed E-state index contributed by atoms with van der Waals surface area (Å²) in [6, 6.07) is 0. The van der Waals surface area contributed by atoms with Crippen LogP contribution in [0.1, 0.15) is 78.6 Å². The Bertz CT molecular complexity index is 1330. The Labute approximate surface area is 285 Å². The minimum atomic E-state index is -1.61. The van der Waals surface area contributed by atoms with Crippen molar-refractivity contribution in [1.82, 2.24) is 0 Å². The second kappa shape index (κ2) is 12.5. The van der Waals surface area contributed by atoms with E-state index < -0.39 is 89.5 Å². The first-order valence-corrected chi connectivity index (χ1v) is 17.9. The van der Waals surface area contributed by atoms with Crippen LogP contribution in [0.5, 0.6) is 0 Å². The molecule has 49 heavy (non-hydrogen) atoms. The van der Waals surface area contributed by atoms with E-state index in [9.17, 15) is 45.3 Å². The fourth-order valence-electron chi connectivity index (χ4n) is 11.2. The van der Waals surface area contributed by atoms with E-state index in [1.165, 1.54) is 6.92 Å². The lowest BCUT2D eigenvalue weighted by Gasteiger charge is -2.65. The zero-order valence-corrected chi connectivity index (χ0v) is 28.3. The largest absolute Gasteiger partial charge is 0.458 e. The van der Waals surface area contributed by atoms with E-state index in [1.54, 1.807) is 13.0 Å². The van der Waals surface area contributed by atoms with Gasteiger partial charge in [0.05, 0.1) is 34.9 Å². The summed E-state index contributed by atoms with van der Waals surface area (Å²) in [5.41, 5.74) is -3.13. The summed E-state index contributed by atoms with van der Waals surface area (Å²) in [6.07, 6.45) is -7.09. The van der Waals surface area contributed by atoms with E-state index in [-0.39, 0.29) is 43.2 Å². The molecule has 0 amide bonds. The van der Waals surface area contributed by atoms with Gasteiger partial charge in [-0.05, 0) is 88.5 Å². The lowest BCUT2D eigenvalue weighted by atomic mass is 9.41. The molecular weight excluding hydrogens is 644 g/mol. The van der Waals surface area contributed by atoms with Gasteiger partial charge in [0.2, 0.25) is 0 Å². The van der Waals surface area contributed by atoms with Crippen LogP contribution < -0.4 is 0 Å². The first-order valence-electron chi connectivity index (χ1n) is 17.9. The number of rotatable bonds is 6. The number of aldehydes is 1. The molecular formula is C35H52O14. The molecule has 14 nitrogen and oxygen atoms in total. The molecule has 0 aromatic heterocycles. The van der Waals surface area contributed by atoms with Crippen molar-refractivity contribution in [2.45, 2.75) is 157 Å². The average Bonchev–Trinajstić information content (AvgIpc) is 3.61. The lowest BCUT2D eigenvalue weighted by molar-refractivity contribution is -0.359. The molecule has 2 saturated heterocycles. The van der Waals surface area contributed by atoms with Crippen molar-refractivity contribution >= 4 is 12.3 Å². The zero-order chi connectivity index (χ0) is 35.3. The van der Waals surface area contributed by atoms with Crippen LogP contribution in [0.25, 0.3) is 0 Å². The normalized spacial score (nSPS) is 55.9. The Morgan fingerprint density at radius 3 is 2.16 bits per heavy atom. The molecule has 0 bridgehead atoms. The molecule has 7 aliphatic rings. The second-order valence-corrected chi connectivity index (χ2v) is 16.2. The van der Waals surface area contributed by atoms with Crippen molar-refractivity contribution < 1.29 is 69.0 Å². The molecule has 0 aromatic carbocycles. The molecule has 4 saturated carbocycles. The highest BCUT2D eigenvalue weighted by Crippen LogP contribution is 2.70. The number of carbonyl (C=O) groups excluding carboxylic acids is 2. The first kappa shape index (κ1) is 35.8. The van der Waals surface area contributed by atoms with Crippen molar-refractivity contribution in [2.24, 2.45) is 28.6 Å². The Kier molecular flexibility index (Phi) is 9.17. The van der Waals surface area contributed by atoms with Gasteiger partial charge in [0.15, 0.2) is 12.6 Å². The number of carbonyl (C=O) groups is 2. The van der Waals surface area contributed by atoms with Gasteiger partial charge in [0.1, 0.15) is 49.5 Å². The van der Waals surface area contributed by atoms with Gasteiger partial charge >= 0.3 is 5.97 Å². The zero-order valence-electron chi connectivity index (χ0n) is 28.3. The molecule has 7 rings (SSSR count). The molecule has 18 atom stereocenters. The molecule has 0 unspecified atom stereocenters. The van der Waals surface area contributed by atoms with Crippen molar-refractivity contribution in [3.8, 4) is 0 Å². The molecule has 14 heteroatoms. The third kappa shape index (κ3) is 5.31. The van der Waals surface area contributed by atoms with E-state index in [2.05, 4.69) is 6.92 Å². The van der Waals surface area contributed by atoms with Crippen molar-refractivity contribution in [2.75, 3.05) is 6.61 Å². The number of aliphatic hydroxyl groups is 7. The quantitative estimate of drug-likeness (QED) is 0.107. The third-order valence-electron chi connectivity index (χ3n) is 14.0. The van der Waals surface area contributed by atoms with E-state index >= 15 is 0 Å². The molecule has 3 heterocycles. The molecule has 0 spiro atoms. The number of esters is 1. The molecule has 7 N–H and O–H groups in total. The number of hydrogen-bond acceptors (Lipinski definition) is 14. The monoisotopic (exact) mass is 696 g/mol. The van der Waals surface area contributed by atoms with Crippen LogP contribution in [0.2, 0.25) is 0 Å². The van der Waals surface area contributed by atoms with Gasteiger partial charge in [-0.3, -0.25) is 0 Å². The summed E-state index contributed by atoms with van der Waals surface area (Å²) in [4.78, 5) is 25.0. The number of cyclic esters (lactones) is 1. The third-order valence-corrected chi connectivity index (χ3v) is 14.0. The van der Waals surface area contributed by atoms with Gasteiger partial charge in [0, 0.05) is 17.9 Å². The summed E-state index contributed by atoms with van der Waals surface area (Å²) in [5, 5.41) is 77.4. The average molecular weight is 697 g/mol. The molecule has 0 aromatic rings. The summed E-state index contributed by atoms with van der Waals surface area (Å²) in [6.45, 7) is 5.44. The molecule has 276 valence electrons. The van der Waals surface area contributed by atoms with Crippen molar-refractivity contribution in [1.29, 1.82) is 0 Å². The molecule has 3 aliphatic heterocycles. The highest BCUT2D eigenvalue weighted by molar-refractivity contribution is 5.85. The van der Waals surface area contributed by atoms with Crippen LogP contribution in [0.4, 0.5) is 0 Å². The van der Waals surface area contributed by atoms with Gasteiger partial charge in [-0.1, -0.05) is 6.92 Å². The van der Waals surface area contributed by atoms with Gasteiger partial charge in [0.25, 0.3) is 0 Å². The highest BCUT2D eigenvalue weighted by atomic mass is 16.7. The number of ether oxygens (including phenoxy) is 5. The molecule has 6 fully saturated rings. The Morgan fingerprint density at radius 2 is 1.47 bits per heavy atom. The second-order valence-electron chi connectivity index (χ2n) is 16.2. The maximum atomic E-state index is 13.2. The Morgan fingerprint density at radius 1 is 0.796 bits per heavy atom. The van der Waals surface area contributed by atoms with Gasteiger partial charge in [-0.25, -0.2) is 4.79 Å².